The van der Waals surface area contributed by atoms with E-state index in [0.29, 0.717) is 19.4 Å². The van der Waals surface area contributed by atoms with E-state index in [2.05, 4.69) is 43.1 Å². The van der Waals surface area contributed by atoms with Gasteiger partial charge in [-0.15, -0.1) is 0 Å². The van der Waals surface area contributed by atoms with Gasteiger partial charge in [0.25, 0.3) is 0 Å². The molecule has 0 aromatic carbocycles. The number of hydrogen-bond acceptors (Lipinski definition) is 8. The predicted octanol–water partition coefficient (Wildman–Crippen LogP) is 11.8. The fraction of sp³-hybridized carbons (Fsp3) is 0.851. The van der Waals surface area contributed by atoms with Crippen molar-refractivity contribution in [2.75, 3.05) is 33.4 Å². The number of hydrogen-bond donors (Lipinski definition) is 0. The van der Waals surface area contributed by atoms with Gasteiger partial charge in [0.2, 0.25) is 0 Å². The van der Waals surface area contributed by atoms with Crippen molar-refractivity contribution < 1.29 is 33.3 Å². The van der Waals surface area contributed by atoms with Gasteiger partial charge < -0.3 is 23.8 Å². The Morgan fingerprint density at radius 1 is 0.600 bits per heavy atom. The van der Waals surface area contributed by atoms with E-state index in [1.807, 2.05) is 7.05 Å². The van der Waals surface area contributed by atoms with E-state index in [0.717, 1.165) is 70.8 Å². The Kier molecular flexibility index (Phi) is 30.2. The average Bonchev–Trinajstić information content (AvgIpc) is 3.78. The van der Waals surface area contributed by atoms with E-state index in [9.17, 15) is 14.4 Å². The number of likely N-dealkylation sites (tertiary alicyclic amines) is 1. The minimum atomic E-state index is -0.784. The van der Waals surface area contributed by atoms with E-state index in [4.69, 9.17) is 18.9 Å². The van der Waals surface area contributed by atoms with Gasteiger partial charge >= 0.3 is 17.9 Å². The molecule has 0 saturated carbocycles. The first-order chi connectivity index (χ1) is 26.9. The Labute approximate surface area is 337 Å². The fourth-order valence-electron chi connectivity index (χ4n) is 7.57. The Morgan fingerprint density at radius 2 is 1.04 bits per heavy atom. The molecule has 0 N–H and O–H groups in total. The van der Waals surface area contributed by atoms with Gasteiger partial charge in [-0.2, -0.15) is 0 Å². The normalized spacial score (nSPS) is 20.2. The van der Waals surface area contributed by atoms with Crippen LogP contribution >= 0.6 is 0 Å². The maximum atomic E-state index is 13.0. The number of esters is 3. The lowest BCUT2D eigenvalue weighted by molar-refractivity contribution is -0.168. The molecule has 2 saturated heterocycles. The zero-order valence-corrected chi connectivity index (χ0v) is 35.8. The molecule has 2 fully saturated rings. The zero-order valence-electron chi connectivity index (χ0n) is 35.8. The molecule has 2 aliphatic heterocycles. The summed E-state index contributed by atoms with van der Waals surface area (Å²) in [5.74, 6) is -1.03. The largest absolute Gasteiger partial charge is 0.463 e. The Morgan fingerprint density at radius 3 is 1.49 bits per heavy atom. The van der Waals surface area contributed by atoms with Gasteiger partial charge in [-0.25, -0.2) is 0 Å². The van der Waals surface area contributed by atoms with Crippen molar-refractivity contribution in [2.45, 2.75) is 218 Å². The number of unbranched alkanes of at least 4 members (excludes halogenated alkanes) is 22. The van der Waals surface area contributed by atoms with Crippen LogP contribution < -0.4 is 0 Å². The number of carbonyl (C=O) groups excluding carboxylic acids is 3. The van der Waals surface area contributed by atoms with Crippen LogP contribution in [0.4, 0.5) is 0 Å². The Hall–Kier alpha value is -2.19. The topological polar surface area (TPSA) is 91.4 Å². The van der Waals surface area contributed by atoms with Crippen LogP contribution in [0.1, 0.15) is 200 Å². The second kappa shape index (κ2) is 33.9. The number of carbonyl (C=O) groups is 3. The zero-order chi connectivity index (χ0) is 39.6. The summed E-state index contributed by atoms with van der Waals surface area (Å²) in [4.78, 5) is 40.7. The van der Waals surface area contributed by atoms with Crippen LogP contribution in [0, 0.1) is 5.92 Å². The first kappa shape index (κ1) is 49.0. The highest BCUT2D eigenvalue weighted by molar-refractivity contribution is 5.73. The highest BCUT2D eigenvalue weighted by Gasteiger charge is 2.44. The lowest BCUT2D eigenvalue weighted by Gasteiger charge is -2.23. The molecule has 0 aliphatic carbocycles. The highest BCUT2D eigenvalue weighted by atomic mass is 16.6. The van der Waals surface area contributed by atoms with Crippen molar-refractivity contribution >= 4 is 17.9 Å². The van der Waals surface area contributed by atoms with Gasteiger partial charge in [-0.1, -0.05) is 141 Å². The van der Waals surface area contributed by atoms with Gasteiger partial charge in [-0.3, -0.25) is 14.4 Å². The predicted molar refractivity (Wildman–Crippen MR) is 225 cm³/mol. The van der Waals surface area contributed by atoms with Crippen LogP contribution in [-0.2, 0) is 33.3 Å². The van der Waals surface area contributed by atoms with Crippen molar-refractivity contribution in [3.8, 4) is 0 Å². The first-order valence-corrected chi connectivity index (χ1v) is 23.1. The summed E-state index contributed by atoms with van der Waals surface area (Å²) >= 11 is 0. The summed E-state index contributed by atoms with van der Waals surface area (Å²) in [5.41, 5.74) is 0. The fourth-order valence-corrected chi connectivity index (χ4v) is 7.57. The lowest BCUT2D eigenvalue weighted by atomic mass is 10.1. The summed E-state index contributed by atoms with van der Waals surface area (Å²) in [6.45, 7) is 6.16. The van der Waals surface area contributed by atoms with Crippen LogP contribution in [0.25, 0.3) is 0 Å². The monoisotopic (exact) mass is 774 g/mol. The molecule has 0 bridgehead atoms. The molecule has 55 heavy (non-hydrogen) atoms. The maximum absolute atomic E-state index is 13.0. The van der Waals surface area contributed by atoms with Gasteiger partial charge in [0.15, 0.2) is 12.2 Å². The number of rotatable bonds is 35. The summed E-state index contributed by atoms with van der Waals surface area (Å²) in [6, 6.07) is 0. The summed E-state index contributed by atoms with van der Waals surface area (Å²) in [6.07, 6.45) is 39.7. The minimum absolute atomic E-state index is 0.0211. The Balaban J connectivity index is 1.64. The lowest BCUT2D eigenvalue weighted by Crippen LogP contribution is -2.40. The molecule has 8 nitrogen and oxygen atoms in total. The van der Waals surface area contributed by atoms with Gasteiger partial charge in [0, 0.05) is 19.4 Å². The molecule has 8 heteroatoms. The van der Waals surface area contributed by atoms with E-state index < -0.39 is 18.3 Å². The van der Waals surface area contributed by atoms with Crippen molar-refractivity contribution in [1.29, 1.82) is 0 Å². The van der Waals surface area contributed by atoms with E-state index in [1.54, 1.807) is 0 Å². The molecule has 0 aromatic heterocycles. The molecule has 2 aliphatic rings. The van der Waals surface area contributed by atoms with Crippen LogP contribution in [0.5, 0.6) is 0 Å². The summed E-state index contributed by atoms with van der Waals surface area (Å²) < 4.78 is 23.3. The molecule has 0 aromatic rings. The average molecular weight is 774 g/mol. The third-order valence-electron chi connectivity index (χ3n) is 11.2. The van der Waals surface area contributed by atoms with E-state index in [1.165, 1.54) is 109 Å². The van der Waals surface area contributed by atoms with E-state index >= 15 is 0 Å². The summed E-state index contributed by atoms with van der Waals surface area (Å²) in [5, 5.41) is 0. The first-order valence-electron chi connectivity index (χ1n) is 23.1. The standard InChI is InChI=1S/C47H83NO7/c1-4-6-8-10-12-14-16-18-20-22-24-26-28-30-32-34-44(49)54-43-40-52-42(39-53-47(51)41-36-37-48(3)38-41)46(43)55-45(50)35-33-31-29-27-25-23-21-19-17-15-13-11-9-7-5-2/h18-21,41-43,46H,4-17,22-40H2,1-3H3/b20-18-,21-19-/t41?,42-,43+,46+/m1/s1. The molecular weight excluding hydrogens is 691 g/mol. The van der Waals surface area contributed by atoms with Gasteiger partial charge in [0.1, 0.15) is 12.7 Å². The quantitative estimate of drug-likeness (QED) is 0.0272. The third kappa shape index (κ3) is 25.6. The van der Waals surface area contributed by atoms with Gasteiger partial charge in [-0.05, 0) is 84.2 Å². The second-order valence-corrected chi connectivity index (χ2v) is 16.4. The Bertz CT molecular complexity index is 1030. The van der Waals surface area contributed by atoms with Crippen molar-refractivity contribution in [1.82, 2.24) is 4.90 Å². The van der Waals surface area contributed by atoms with Crippen molar-refractivity contribution in [3.63, 3.8) is 0 Å². The molecule has 1 unspecified atom stereocenters. The second-order valence-electron chi connectivity index (χ2n) is 16.4. The third-order valence-corrected chi connectivity index (χ3v) is 11.2. The van der Waals surface area contributed by atoms with Crippen LogP contribution in [0.3, 0.4) is 0 Å². The number of allylic oxidation sites excluding steroid dienone is 4. The molecule has 0 spiro atoms. The van der Waals surface area contributed by atoms with Gasteiger partial charge in [0.05, 0.1) is 12.5 Å². The molecule has 0 amide bonds. The van der Waals surface area contributed by atoms with Crippen LogP contribution in [0.15, 0.2) is 24.3 Å². The van der Waals surface area contributed by atoms with E-state index in [-0.39, 0.29) is 37.0 Å². The molecule has 318 valence electrons. The molecule has 4 atom stereocenters. The van der Waals surface area contributed by atoms with Crippen molar-refractivity contribution in [2.24, 2.45) is 5.92 Å². The minimum Gasteiger partial charge on any atom is -0.463 e. The van der Waals surface area contributed by atoms with Crippen LogP contribution in [0.2, 0.25) is 0 Å². The number of nitrogens with zero attached hydrogens (tertiary/aromatic N) is 1. The highest BCUT2D eigenvalue weighted by Crippen LogP contribution is 2.25. The molecule has 2 heterocycles. The smallest absolute Gasteiger partial charge is 0.310 e. The SMILES string of the molecule is CCCCCCCC/C=C\CCCCCCCC(=O)O[C@@H]1[C@@H](OC(=O)CCCCCCC/C=C\CCCCCCCC)CO[C@@H]1COC(=O)C1CCN(C)C1. The van der Waals surface area contributed by atoms with Crippen molar-refractivity contribution in [3.05, 3.63) is 24.3 Å². The maximum Gasteiger partial charge on any atom is 0.310 e. The summed E-state index contributed by atoms with van der Waals surface area (Å²) in [7, 11) is 1.99. The number of ether oxygens (including phenoxy) is 4. The molecular formula is C47H83NO7. The van der Waals surface area contributed by atoms with Crippen LogP contribution in [-0.4, -0.2) is 74.5 Å². The molecule has 0 radical (unpaired) electrons. The molecule has 2 rings (SSSR count).